The van der Waals surface area contributed by atoms with Crippen LogP contribution in [0.3, 0.4) is 0 Å². The lowest BCUT2D eigenvalue weighted by Crippen LogP contribution is -2.64. The number of rotatable bonds is 6. The van der Waals surface area contributed by atoms with Crippen LogP contribution in [-0.2, 0) is 14.2 Å². The van der Waals surface area contributed by atoms with Crippen molar-refractivity contribution in [3.8, 4) is 34.3 Å². The summed E-state index contributed by atoms with van der Waals surface area (Å²) in [6, 6.07) is 7.03. The fourth-order valence-corrected chi connectivity index (χ4v) is 4.87. The van der Waals surface area contributed by atoms with Crippen LogP contribution >= 0.6 is 0 Å². The molecular formula is C27H30O15. The molecular weight excluding hydrogens is 564 g/mol. The maximum atomic E-state index is 12.6. The van der Waals surface area contributed by atoms with Crippen molar-refractivity contribution in [1.29, 1.82) is 0 Å². The summed E-state index contributed by atoms with van der Waals surface area (Å²) >= 11 is 0. The minimum Gasteiger partial charge on any atom is -0.508 e. The van der Waals surface area contributed by atoms with Gasteiger partial charge in [0.2, 0.25) is 6.29 Å². The quantitative estimate of drug-likeness (QED) is 0.159. The summed E-state index contributed by atoms with van der Waals surface area (Å²) in [5.74, 6) is -1.56. The van der Waals surface area contributed by atoms with Gasteiger partial charge in [-0.2, -0.15) is 0 Å². The molecule has 1 aromatic heterocycles. The molecule has 0 saturated carbocycles. The van der Waals surface area contributed by atoms with E-state index in [0.29, 0.717) is 0 Å². The fourth-order valence-electron chi connectivity index (χ4n) is 4.87. The van der Waals surface area contributed by atoms with E-state index in [1.165, 1.54) is 25.1 Å². The number of aliphatic hydroxyl groups excluding tert-OH is 6. The molecule has 2 aliphatic heterocycles. The fraction of sp³-hybridized carbons (Fsp3) is 0.444. The molecule has 0 aliphatic carbocycles. The van der Waals surface area contributed by atoms with Gasteiger partial charge in [0, 0.05) is 23.8 Å². The van der Waals surface area contributed by atoms with E-state index >= 15 is 0 Å². The Hall–Kier alpha value is -3.51. The first-order chi connectivity index (χ1) is 19.9. The number of hydrogen-bond acceptors (Lipinski definition) is 15. The highest BCUT2D eigenvalue weighted by molar-refractivity contribution is 5.86. The number of fused-ring (bicyclic) bond motifs is 1. The van der Waals surface area contributed by atoms with E-state index < -0.39 is 84.9 Å². The van der Waals surface area contributed by atoms with Crippen LogP contribution in [0.4, 0.5) is 0 Å². The molecule has 0 radical (unpaired) electrons. The molecule has 0 unspecified atom stereocenters. The van der Waals surface area contributed by atoms with Crippen molar-refractivity contribution in [3.63, 3.8) is 0 Å². The number of hydrogen-bond donors (Lipinski definition) is 9. The summed E-state index contributed by atoms with van der Waals surface area (Å²) in [4.78, 5) is 12.6. The van der Waals surface area contributed by atoms with E-state index in [-0.39, 0.29) is 33.8 Å². The third-order valence-corrected chi connectivity index (χ3v) is 7.21. The average molecular weight is 595 g/mol. The predicted molar refractivity (Wildman–Crippen MR) is 139 cm³/mol. The standard InChI is InChI=1S/C27H30O15/c1-9-20(33)22(35)24(37)26(38-9)42-25-23(36)21(34)18(8-28)41-27(25)40-15-3-2-10(4-12(15)30)16-7-14(32)19-13(31)5-11(29)6-17(19)39-16/h2-7,9,18,20-31,33-37H,8H2,1H3/t9-,18-,20-,21-,22-,23+,24-,25-,26-,27-/m0/s1. The molecule has 5 rings (SSSR count). The molecule has 0 spiro atoms. The molecule has 42 heavy (non-hydrogen) atoms. The second-order valence-corrected chi connectivity index (χ2v) is 10.1. The average Bonchev–Trinajstić information content (AvgIpc) is 2.94. The smallest absolute Gasteiger partial charge is 0.229 e. The van der Waals surface area contributed by atoms with E-state index in [0.717, 1.165) is 18.2 Å². The molecule has 2 fully saturated rings. The Bertz CT molecular complexity index is 1490. The van der Waals surface area contributed by atoms with Crippen LogP contribution in [0.25, 0.3) is 22.3 Å². The Labute approximate surface area is 236 Å². The van der Waals surface area contributed by atoms with Crippen molar-refractivity contribution in [2.24, 2.45) is 0 Å². The highest BCUT2D eigenvalue weighted by Gasteiger charge is 2.51. The predicted octanol–water partition coefficient (Wildman–Crippen LogP) is -1.39. The number of phenolic OH excluding ortho intramolecular Hbond substituents is 3. The monoisotopic (exact) mass is 594 g/mol. The number of benzene rings is 2. The largest absolute Gasteiger partial charge is 0.508 e. The molecule has 0 amide bonds. The third-order valence-electron chi connectivity index (χ3n) is 7.21. The van der Waals surface area contributed by atoms with E-state index in [2.05, 4.69) is 0 Å². The van der Waals surface area contributed by atoms with Crippen molar-refractivity contribution in [3.05, 3.63) is 46.6 Å². The SMILES string of the molecule is C[C@@H]1O[C@@H](O[C@@H]2[C@@H](Oc3ccc(-c4cc(=O)c5c(O)cc(O)cc5o4)cc3O)O[C@@H](CO)[C@H](O)[C@H]2O)[C@@H](O)[C@@H](O)[C@H]1O. The summed E-state index contributed by atoms with van der Waals surface area (Å²) in [7, 11) is 0. The van der Waals surface area contributed by atoms with Crippen LogP contribution < -0.4 is 10.2 Å². The molecule has 9 N–H and O–H groups in total. The number of aromatic hydroxyl groups is 3. The van der Waals surface area contributed by atoms with Gasteiger partial charge in [0.1, 0.15) is 64.9 Å². The van der Waals surface area contributed by atoms with Crippen LogP contribution in [0.2, 0.25) is 0 Å². The van der Waals surface area contributed by atoms with Gasteiger partial charge in [-0.05, 0) is 25.1 Å². The first-order valence-corrected chi connectivity index (χ1v) is 12.9. The van der Waals surface area contributed by atoms with Crippen LogP contribution in [0, 0.1) is 0 Å². The van der Waals surface area contributed by atoms with Crippen molar-refractivity contribution in [2.45, 2.75) is 68.3 Å². The summed E-state index contributed by atoms with van der Waals surface area (Å²) in [6.45, 7) is 0.684. The van der Waals surface area contributed by atoms with Gasteiger partial charge in [0.05, 0.1) is 12.7 Å². The van der Waals surface area contributed by atoms with Crippen molar-refractivity contribution in [2.75, 3.05) is 6.61 Å². The van der Waals surface area contributed by atoms with Gasteiger partial charge in [-0.15, -0.1) is 0 Å². The zero-order valence-corrected chi connectivity index (χ0v) is 21.9. The van der Waals surface area contributed by atoms with Gasteiger partial charge < -0.3 is 69.3 Å². The lowest BCUT2D eigenvalue weighted by atomic mass is 9.97. The Morgan fingerprint density at radius 3 is 2.24 bits per heavy atom. The maximum absolute atomic E-state index is 12.6. The molecule has 3 aromatic rings. The molecule has 2 aliphatic rings. The van der Waals surface area contributed by atoms with Crippen LogP contribution in [0.15, 0.2) is 45.6 Å². The van der Waals surface area contributed by atoms with Crippen molar-refractivity contribution in [1.82, 2.24) is 0 Å². The molecule has 0 bridgehead atoms. The minimum absolute atomic E-state index is 0.0216. The summed E-state index contributed by atoms with van der Waals surface area (Å²) in [6.07, 6.45) is -15.4. The maximum Gasteiger partial charge on any atom is 0.229 e. The number of phenols is 3. The van der Waals surface area contributed by atoms with Gasteiger partial charge in [-0.1, -0.05) is 0 Å². The van der Waals surface area contributed by atoms with E-state index in [1.54, 1.807) is 0 Å². The van der Waals surface area contributed by atoms with E-state index in [1.807, 2.05) is 0 Å². The van der Waals surface area contributed by atoms with Crippen LogP contribution in [0.1, 0.15) is 6.92 Å². The highest BCUT2D eigenvalue weighted by Crippen LogP contribution is 2.37. The molecule has 15 nitrogen and oxygen atoms in total. The summed E-state index contributed by atoms with van der Waals surface area (Å²) in [5, 5.41) is 91.5. The van der Waals surface area contributed by atoms with E-state index in [9.17, 15) is 50.8 Å². The highest BCUT2D eigenvalue weighted by atomic mass is 16.8. The lowest BCUT2D eigenvalue weighted by molar-refractivity contribution is -0.354. The Balaban J connectivity index is 1.42. The first-order valence-electron chi connectivity index (χ1n) is 12.9. The molecule has 228 valence electrons. The van der Waals surface area contributed by atoms with Gasteiger partial charge in [0.15, 0.2) is 29.3 Å². The Morgan fingerprint density at radius 2 is 1.55 bits per heavy atom. The first kappa shape index (κ1) is 30.0. The minimum atomic E-state index is -1.77. The zero-order chi connectivity index (χ0) is 30.5. The zero-order valence-electron chi connectivity index (χ0n) is 21.9. The van der Waals surface area contributed by atoms with Gasteiger partial charge in [0.25, 0.3) is 0 Å². The van der Waals surface area contributed by atoms with Crippen molar-refractivity contribution >= 4 is 11.0 Å². The van der Waals surface area contributed by atoms with Crippen molar-refractivity contribution < 1.29 is 69.3 Å². The molecule has 2 saturated heterocycles. The Morgan fingerprint density at radius 1 is 0.810 bits per heavy atom. The molecule has 15 heteroatoms. The molecule has 2 aromatic carbocycles. The summed E-state index contributed by atoms with van der Waals surface area (Å²) in [5.41, 5.74) is -0.518. The Kier molecular flexibility index (Phi) is 8.30. The van der Waals surface area contributed by atoms with Gasteiger partial charge in [-0.3, -0.25) is 4.79 Å². The third kappa shape index (κ3) is 5.49. The van der Waals surface area contributed by atoms with Crippen LogP contribution in [-0.4, -0.2) is 114 Å². The van der Waals surface area contributed by atoms with E-state index in [4.69, 9.17) is 23.4 Å². The normalized spacial score (nSPS) is 33.5. The topological polar surface area (TPSA) is 249 Å². The van der Waals surface area contributed by atoms with Gasteiger partial charge in [-0.25, -0.2) is 0 Å². The van der Waals surface area contributed by atoms with Crippen LogP contribution in [0.5, 0.6) is 23.0 Å². The molecule has 3 heterocycles. The lowest BCUT2D eigenvalue weighted by Gasteiger charge is -2.45. The second kappa shape index (κ2) is 11.6. The van der Waals surface area contributed by atoms with Gasteiger partial charge >= 0.3 is 0 Å². The number of ether oxygens (including phenoxy) is 4. The second-order valence-electron chi connectivity index (χ2n) is 10.1. The summed E-state index contributed by atoms with van der Waals surface area (Å²) < 4.78 is 28.0. The number of aliphatic hydroxyl groups is 6. The molecule has 10 atom stereocenters.